The summed E-state index contributed by atoms with van der Waals surface area (Å²) in [6.07, 6.45) is 0. The molecule has 152 valence electrons. The lowest BCUT2D eigenvalue weighted by Gasteiger charge is -2.12. The number of benzene rings is 2. The Kier molecular flexibility index (Phi) is 6.89. The number of Topliss-reactive ketones (excluding diaryl/α,β-unsaturated/α-hetero) is 1. The predicted octanol–water partition coefficient (Wildman–Crippen LogP) is 3.56. The maximum atomic E-state index is 12.4. The van der Waals surface area contributed by atoms with E-state index in [1.807, 2.05) is 0 Å². The molecule has 0 fully saturated rings. The number of hydrogen-bond acceptors (Lipinski definition) is 7. The number of nitrogens with zero attached hydrogens (tertiary/aromatic N) is 1. The number of ketones is 1. The van der Waals surface area contributed by atoms with Gasteiger partial charge >= 0.3 is 5.97 Å². The largest absolute Gasteiger partial charge is 0.496 e. The zero-order chi connectivity index (χ0) is 21.7. The molecule has 9 nitrogen and oxygen atoms in total. The Bertz CT molecular complexity index is 1000. The van der Waals surface area contributed by atoms with Crippen molar-refractivity contribution in [3.05, 3.63) is 62.2 Å². The molecule has 0 bridgehead atoms. The lowest BCUT2D eigenvalue weighted by Crippen LogP contribution is -2.16. The molecule has 29 heavy (non-hydrogen) atoms. The quantitative estimate of drug-likeness (QED) is 0.314. The van der Waals surface area contributed by atoms with Gasteiger partial charge in [-0.1, -0.05) is 23.7 Å². The minimum atomic E-state index is -0.881. The number of ether oxygens (including phenoxy) is 2. The number of carbonyl (C=O) groups is 3. The monoisotopic (exact) mass is 420 g/mol. The van der Waals surface area contributed by atoms with Crippen molar-refractivity contribution in [1.82, 2.24) is 0 Å². The fourth-order valence-corrected chi connectivity index (χ4v) is 2.65. The number of nitro benzene ring substituents is 1. The predicted molar refractivity (Wildman–Crippen MR) is 105 cm³/mol. The molecule has 1 N–H and O–H groups in total. The first-order valence-corrected chi connectivity index (χ1v) is 8.62. The summed E-state index contributed by atoms with van der Waals surface area (Å²) < 4.78 is 10.1. The van der Waals surface area contributed by atoms with Gasteiger partial charge in [-0.15, -0.1) is 0 Å². The Balaban J connectivity index is 2.17. The number of aryl methyl sites for hydroxylation is 1. The van der Waals surface area contributed by atoms with Gasteiger partial charge in [-0.3, -0.25) is 19.7 Å². The van der Waals surface area contributed by atoms with Crippen LogP contribution >= 0.6 is 11.6 Å². The van der Waals surface area contributed by atoms with Gasteiger partial charge < -0.3 is 14.8 Å². The highest BCUT2D eigenvalue weighted by atomic mass is 35.5. The average Bonchev–Trinajstić information content (AvgIpc) is 2.66. The zero-order valence-electron chi connectivity index (χ0n) is 15.8. The molecule has 0 radical (unpaired) electrons. The fraction of sp³-hybridized carbons (Fsp3) is 0.211. The molecule has 0 saturated carbocycles. The number of nitro groups is 1. The highest BCUT2D eigenvalue weighted by Gasteiger charge is 2.20. The van der Waals surface area contributed by atoms with Gasteiger partial charge in [0.2, 0.25) is 11.7 Å². The van der Waals surface area contributed by atoms with Crippen LogP contribution in [0.5, 0.6) is 5.75 Å². The van der Waals surface area contributed by atoms with Crippen LogP contribution in [0.3, 0.4) is 0 Å². The second kappa shape index (κ2) is 9.16. The molecule has 0 aliphatic heterocycles. The summed E-state index contributed by atoms with van der Waals surface area (Å²) in [5.74, 6) is -1.77. The van der Waals surface area contributed by atoms with Crippen LogP contribution in [0, 0.1) is 17.0 Å². The van der Waals surface area contributed by atoms with Gasteiger partial charge in [0.15, 0.2) is 6.61 Å². The summed E-state index contributed by atoms with van der Waals surface area (Å²) in [7, 11) is 1.31. The van der Waals surface area contributed by atoms with E-state index in [1.165, 1.54) is 38.3 Å². The number of carbonyl (C=O) groups excluding carboxylic acids is 3. The number of halogens is 1. The lowest BCUT2D eigenvalue weighted by atomic mass is 10.1. The van der Waals surface area contributed by atoms with Gasteiger partial charge in [0.1, 0.15) is 11.3 Å². The van der Waals surface area contributed by atoms with Gasteiger partial charge in [-0.05, 0) is 13.0 Å². The Morgan fingerprint density at radius 3 is 2.48 bits per heavy atom. The summed E-state index contributed by atoms with van der Waals surface area (Å²) in [6, 6.07) is 6.58. The van der Waals surface area contributed by atoms with Crippen molar-refractivity contribution in [2.45, 2.75) is 13.8 Å². The van der Waals surface area contributed by atoms with E-state index in [-0.39, 0.29) is 39.2 Å². The SMILES string of the molecule is COc1cc(NC(C)=O)c(Cl)cc1C(=O)OCC(=O)c1ccc(C)c([N+](=O)[O-])c1. The molecule has 0 unspecified atom stereocenters. The molecule has 2 rings (SSSR count). The van der Waals surface area contributed by atoms with E-state index in [9.17, 15) is 24.5 Å². The summed E-state index contributed by atoms with van der Waals surface area (Å²) in [6.45, 7) is 2.21. The van der Waals surface area contributed by atoms with E-state index in [4.69, 9.17) is 21.1 Å². The van der Waals surface area contributed by atoms with Crippen LogP contribution in [0.2, 0.25) is 5.02 Å². The number of amides is 1. The number of rotatable bonds is 7. The topological polar surface area (TPSA) is 125 Å². The summed E-state index contributed by atoms with van der Waals surface area (Å²) in [5.41, 5.74) is 0.442. The Morgan fingerprint density at radius 2 is 1.90 bits per heavy atom. The van der Waals surface area contributed by atoms with E-state index < -0.39 is 23.3 Å². The Morgan fingerprint density at radius 1 is 1.21 bits per heavy atom. The molecular formula is C19H17ClN2O7. The molecule has 0 heterocycles. The minimum absolute atomic E-state index is 0.0427. The Hall–Kier alpha value is -3.46. The van der Waals surface area contributed by atoms with E-state index >= 15 is 0 Å². The van der Waals surface area contributed by atoms with Gasteiger partial charge in [-0.25, -0.2) is 4.79 Å². The maximum absolute atomic E-state index is 12.4. The van der Waals surface area contributed by atoms with Crippen molar-refractivity contribution >= 4 is 40.6 Å². The lowest BCUT2D eigenvalue weighted by molar-refractivity contribution is -0.385. The van der Waals surface area contributed by atoms with E-state index in [0.717, 1.165) is 6.07 Å². The standard InChI is InChI=1S/C19H17ClN2O7/c1-10-4-5-12(6-16(10)22(26)27)17(24)9-29-19(25)13-7-14(20)15(21-11(2)23)8-18(13)28-3/h4-8H,9H2,1-3H3,(H,21,23). The molecule has 0 aromatic heterocycles. The summed E-state index contributed by atoms with van der Waals surface area (Å²) in [5, 5.41) is 13.6. The normalized spacial score (nSPS) is 10.2. The second-order valence-corrected chi connectivity index (χ2v) is 6.38. The molecule has 0 aliphatic carbocycles. The van der Waals surface area contributed by atoms with Crippen LogP contribution in [0.1, 0.15) is 33.2 Å². The van der Waals surface area contributed by atoms with Crippen LogP contribution in [0.15, 0.2) is 30.3 Å². The van der Waals surface area contributed by atoms with Crippen LogP contribution in [0.25, 0.3) is 0 Å². The maximum Gasteiger partial charge on any atom is 0.342 e. The van der Waals surface area contributed by atoms with Crippen LogP contribution in [0.4, 0.5) is 11.4 Å². The van der Waals surface area contributed by atoms with Crippen molar-refractivity contribution in [3.8, 4) is 5.75 Å². The van der Waals surface area contributed by atoms with Crippen molar-refractivity contribution < 1.29 is 28.8 Å². The van der Waals surface area contributed by atoms with E-state index in [0.29, 0.717) is 5.56 Å². The minimum Gasteiger partial charge on any atom is -0.496 e. The number of hydrogen-bond donors (Lipinski definition) is 1. The second-order valence-electron chi connectivity index (χ2n) is 5.97. The number of anilines is 1. The zero-order valence-corrected chi connectivity index (χ0v) is 16.5. The van der Waals surface area contributed by atoms with Crippen LogP contribution in [-0.4, -0.2) is 36.3 Å². The van der Waals surface area contributed by atoms with Gasteiger partial charge in [-0.2, -0.15) is 0 Å². The number of methoxy groups -OCH3 is 1. The number of nitrogens with one attached hydrogen (secondary N) is 1. The molecule has 2 aromatic carbocycles. The molecular weight excluding hydrogens is 404 g/mol. The van der Waals surface area contributed by atoms with Gasteiger partial charge in [0.05, 0.1) is 22.7 Å². The van der Waals surface area contributed by atoms with E-state index in [1.54, 1.807) is 6.92 Å². The highest BCUT2D eigenvalue weighted by Crippen LogP contribution is 2.31. The molecule has 1 amide bonds. The summed E-state index contributed by atoms with van der Waals surface area (Å²) >= 11 is 6.06. The van der Waals surface area contributed by atoms with Crippen LogP contribution < -0.4 is 10.1 Å². The van der Waals surface area contributed by atoms with Crippen molar-refractivity contribution in [1.29, 1.82) is 0 Å². The molecule has 10 heteroatoms. The van der Waals surface area contributed by atoms with Crippen molar-refractivity contribution in [3.63, 3.8) is 0 Å². The highest BCUT2D eigenvalue weighted by molar-refractivity contribution is 6.34. The molecule has 0 aliphatic rings. The van der Waals surface area contributed by atoms with Gasteiger partial charge in [0, 0.05) is 30.2 Å². The smallest absolute Gasteiger partial charge is 0.342 e. The van der Waals surface area contributed by atoms with Crippen molar-refractivity contribution in [2.24, 2.45) is 0 Å². The molecule has 0 saturated heterocycles. The molecule has 2 aromatic rings. The number of esters is 1. The van der Waals surface area contributed by atoms with Gasteiger partial charge in [0.25, 0.3) is 5.69 Å². The first-order valence-electron chi connectivity index (χ1n) is 8.24. The third kappa shape index (κ3) is 5.29. The molecule has 0 atom stereocenters. The first kappa shape index (κ1) is 21.8. The summed E-state index contributed by atoms with van der Waals surface area (Å²) in [4.78, 5) is 46.2. The van der Waals surface area contributed by atoms with Crippen molar-refractivity contribution in [2.75, 3.05) is 19.0 Å². The Labute approximate surface area is 170 Å². The third-order valence-electron chi connectivity index (χ3n) is 3.88. The van der Waals surface area contributed by atoms with E-state index in [2.05, 4.69) is 5.32 Å². The average molecular weight is 421 g/mol. The first-order chi connectivity index (χ1) is 13.6. The molecule has 0 spiro atoms. The van der Waals surface area contributed by atoms with Crippen LogP contribution in [-0.2, 0) is 9.53 Å². The third-order valence-corrected chi connectivity index (χ3v) is 4.19. The fourth-order valence-electron chi connectivity index (χ4n) is 2.44.